The van der Waals surface area contributed by atoms with E-state index < -0.39 is 28.3 Å². The van der Waals surface area contributed by atoms with Crippen LogP contribution >= 0.6 is 0 Å². The summed E-state index contributed by atoms with van der Waals surface area (Å²) in [6, 6.07) is 15.7. The number of likely N-dealkylation sites (tertiary alicyclic amines) is 1. The van der Waals surface area contributed by atoms with E-state index in [1.54, 1.807) is 24.3 Å². The van der Waals surface area contributed by atoms with Gasteiger partial charge in [0.05, 0.1) is 37.2 Å². The van der Waals surface area contributed by atoms with Gasteiger partial charge in [-0.25, -0.2) is 13.1 Å². The van der Waals surface area contributed by atoms with Gasteiger partial charge in [-0.2, -0.15) is 0 Å². The number of ether oxygens (including phenoxy) is 2. The quantitative estimate of drug-likeness (QED) is 0.499. The lowest BCUT2D eigenvalue weighted by molar-refractivity contribution is -0.136. The standard InChI is InChI=1S/C27H34N2O6S/c1-34-22-7-10-24(11-8-22)36(32,33)28-25-12-9-23(35-26(25)19-30)18-27(31)29-15-13-21(14-16-29)17-20-5-3-2-4-6-20/h2-12,21,23,25-26,28,30H,13-19H2,1H3/t23-,25-,26+/m1/s1. The number of nitrogens with one attached hydrogen (secondary N) is 1. The van der Waals surface area contributed by atoms with Crippen molar-refractivity contribution >= 4 is 15.9 Å². The van der Waals surface area contributed by atoms with Crippen LogP contribution in [0.15, 0.2) is 71.6 Å². The molecule has 1 saturated heterocycles. The number of nitrogens with zero attached hydrogens (tertiary/aromatic N) is 1. The Balaban J connectivity index is 1.29. The van der Waals surface area contributed by atoms with Crippen LogP contribution in [0.25, 0.3) is 0 Å². The topological polar surface area (TPSA) is 105 Å². The molecule has 2 N–H and O–H groups in total. The zero-order chi connectivity index (χ0) is 25.5. The highest BCUT2D eigenvalue weighted by Crippen LogP contribution is 2.24. The molecule has 2 aliphatic heterocycles. The molecule has 0 aromatic heterocycles. The molecule has 1 amide bonds. The van der Waals surface area contributed by atoms with Crippen LogP contribution in [0.4, 0.5) is 0 Å². The fourth-order valence-corrected chi connectivity index (χ4v) is 5.97. The summed E-state index contributed by atoms with van der Waals surface area (Å²) in [6.45, 7) is 1.07. The van der Waals surface area contributed by atoms with Crippen molar-refractivity contribution in [1.82, 2.24) is 9.62 Å². The number of sulfonamides is 1. The van der Waals surface area contributed by atoms with Crippen LogP contribution in [-0.4, -0.2) is 69.4 Å². The molecular weight excluding hydrogens is 480 g/mol. The number of hydrogen-bond donors (Lipinski definition) is 2. The minimum Gasteiger partial charge on any atom is -0.497 e. The Morgan fingerprint density at radius 3 is 2.42 bits per heavy atom. The van der Waals surface area contributed by atoms with Crippen molar-refractivity contribution < 1.29 is 27.8 Å². The average Bonchev–Trinajstić information content (AvgIpc) is 2.90. The first kappa shape index (κ1) is 26.3. The van der Waals surface area contributed by atoms with Crippen molar-refractivity contribution in [2.45, 2.75) is 48.8 Å². The molecule has 2 aliphatic rings. The molecule has 0 spiro atoms. The molecule has 194 valence electrons. The van der Waals surface area contributed by atoms with Crippen molar-refractivity contribution in [1.29, 1.82) is 0 Å². The molecule has 2 aromatic rings. The van der Waals surface area contributed by atoms with Gasteiger partial charge in [0.2, 0.25) is 15.9 Å². The molecule has 0 aliphatic carbocycles. The Morgan fingerprint density at radius 2 is 1.78 bits per heavy atom. The molecule has 36 heavy (non-hydrogen) atoms. The number of methoxy groups -OCH3 is 1. The predicted molar refractivity (Wildman–Crippen MR) is 136 cm³/mol. The van der Waals surface area contributed by atoms with Gasteiger partial charge in [-0.15, -0.1) is 0 Å². The molecule has 4 rings (SSSR count). The fourth-order valence-electron chi connectivity index (χ4n) is 4.75. The van der Waals surface area contributed by atoms with Crippen LogP contribution in [0.2, 0.25) is 0 Å². The Morgan fingerprint density at radius 1 is 1.08 bits per heavy atom. The molecule has 1 fully saturated rings. The number of aliphatic hydroxyl groups excluding tert-OH is 1. The Hall–Kier alpha value is -2.72. The third kappa shape index (κ3) is 6.73. The Bertz CT molecular complexity index is 1130. The summed E-state index contributed by atoms with van der Waals surface area (Å²) in [7, 11) is -2.33. The largest absolute Gasteiger partial charge is 0.497 e. The normalized spacial score (nSPS) is 22.9. The summed E-state index contributed by atoms with van der Waals surface area (Å²) in [6.07, 6.45) is 5.18. The Labute approximate surface area is 213 Å². The summed E-state index contributed by atoms with van der Waals surface area (Å²) < 4.78 is 39.1. The van der Waals surface area contributed by atoms with Crippen LogP contribution in [0.5, 0.6) is 5.75 Å². The number of hydrogen-bond acceptors (Lipinski definition) is 6. The van der Waals surface area contributed by atoms with Crippen LogP contribution in [0.1, 0.15) is 24.8 Å². The van der Waals surface area contributed by atoms with Crippen molar-refractivity contribution in [3.63, 3.8) is 0 Å². The highest BCUT2D eigenvalue weighted by molar-refractivity contribution is 7.89. The van der Waals surface area contributed by atoms with Crippen LogP contribution < -0.4 is 9.46 Å². The van der Waals surface area contributed by atoms with E-state index in [1.807, 2.05) is 11.0 Å². The highest BCUT2D eigenvalue weighted by atomic mass is 32.2. The summed E-state index contributed by atoms with van der Waals surface area (Å²) in [4.78, 5) is 14.9. The van der Waals surface area contributed by atoms with Gasteiger partial charge in [-0.1, -0.05) is 42.5 Å². The molecule has 3 atom stereocenters. The second-order valence-corrected chi connectivity index (χ2v) is 11.0. The highest BCUT2D eigenvalue weighted by Gasteiger charge is 2.32. The van der Waals surface area contributed by atoms with Gasteiger partial charge in [-0.3, -0.25) is 4.79 Å². The van der Waals surface area contributed by atoms with E-state index in [4.69, 9.17) is 9.47 Å². The van der Waals surface area contributed by atoms with Crippen molar-refractivity contribution in [3.8, 4) is 5.75 Å². The van der Waals surface area contributed by atoms with E-state index in [0.29, 0.717) is 11.7 Å². The molecular formula is C27H34N2O6S. The van der Waals surface area contributed by atoms with E-state index in [1.165, 1.54) is 24.8 Å². The van der Waals surface area contributed by atoms with Gasteiger partial charge in [0.1, 0.15) is 11.9 Å². The van der Waals surface area contributed by atoms with Gasteiger partial charge < -0.3 is 19.5 Å². The van der Waals surface area contributed by atoms with Crippen molar-refractivity contribution in [3.05, 3.63) is 72.3 Å². The molecule has 2 aromatic carbocycles. The minimum absolute atomic E-state index is 0.0109. The summed E-state index contributed by atoms with van der Waals surface area (Å²) in [5, 5.41) is 9.84. The number of piperidine rings is 1. The lowest BCUT2D eigenvalue weighted by Gasteiger charge is -2.35. The maximum absolute atomic E-state index is 12.9. The molecule has 8 nitrogen and oxygen atoms in total. The maximum Gasteiger partial charge on any atom is 0.241 e. The van der Waals surface area contributed by atoms with Gasteiger partial charge in [0.25, 0.3) is 0 Å². The fraction of sp³-hybridized carbons (Fsp3) is 0.444. The second-order valence-electron chi connectivity index (χ2n) is 9.32. The van der Waals surface area contributed by atoms with Crippen LogP contribution in [-0.2, 0) is 26.0 Å². The third-order valence-corrected chi connectivity index (χ3v) is 8.31. The number of aliphatic hydroxyl groups is 1. The summed E-state index contributed by atoms with van der Waals surface area (Å²) in [5.74, 6) is 1.13. The predicted octanol–water partition coefficient (Wildman–Crippen LogP) is 2.53. The van der Waals surface area contributed by atoms with E-state index in [9.17, 15) is 18.3 Å². The maximum atomic E-state index is 12.9. The van der Waals surface area contributed by atoms with Gasteiger partial charge >= 0.3 is 0 Å². The number of carbonyl (C=O) groups is 1. The summed E-state index contributed by atoms with van der Waals surface area (Å²) in [5.41, 5.74) is 1.33. The molecule has 2 heterocycles. The van der Waals surface area contributed by atoms with E-state index in [2.05, 4.69) is 29.0 Å². The molecule has 0 saturated carbocycles. The number of amides is 1. The molecule has 0 radical (unpaired) electrons. The van der Waals surface area contributed by atoms with Crippen LogP contribution in [0, 0.1) is 5.92 Å². The average molecular weight is 515 g/mol. The summed E-state index contributed by atoms with van der Waals surface area (Å²) >= 11 is 0. The molecule has 9 heteroatoms. The zero-order valence-electron chi connectivity index (χ0n) is 20.5. The monoisotopic (exact) mass is 514 g/mol. The van der Waals surface area contributed by atoms with Crippen LogP contribution in [0.3, 0.4) is 0 Å². The second kappa shape index (κ2) is 12.0. The lowest BCUT2D eigenvalue weighted by atomic mass is 9.90. The number of rotatable bonds is 9. The first-order chi connectivity index (χ1) is 17.4. The number of benzene rings is 2. The smallest absolute Gasteiger partial charge is 0.241 e. The first-order valence-electron chi connectivity index (χ1n) is 12.3. The lowest BCUT2D eigenvalue weighted by Crippen LogP contribution is -2.49. The first-order valence-corrected chi connectivity index (χ1v) is 13.8. The van der Waals surface area contributed by atoms with E-state index in [0.717, 1.165) is 32.4 Å². The van der Waals surface area contributed by atoms with E-state index >= 15 is 0 Å². The number of carbonyl (C=O) groups excluding carboxylic acids is 1. The third-order valence-electron chi connectivity index (χ3n) is 6.83. The van der Waals surface area contributed by atoms with E-state index in [-0.39, 0.29) is 23.8 Å². The van der Waals surface area contributed by atoms with Gasteiger partial charge in [-0.05, 0) is 55.0 Å². The molecule has 0 unspecified atom stereocenters. The SMILES string of the molecule is COc1ccc(S(=O)(=O)N[C@@H]2C=C[C@H](CC(=O)N3CCC(Cc4ccccc4)CC3)O[C@H]2CO)cc1. The van der Waals surface area contributed by atoms with Gasteiger partial charge in [0.15, 0.2) is 0 Å². The van der Waals surface area contributed by atoms with Crippen molar-refractivity contribution in [2.24, 2.45) is 5.92 Å². The van der Waals surface area contributed by atoms with Crippen molar-refractivity contribution in [2.75, 3.05) is 26.8 Å². The minimum atomic E-state index is -3.84. The molecule has 0 bridgehead atoms. The zero-order valence-corrected chi connectivity index (χ0v) is 21.3. The Kier molecular flexibility index (Phi) is 8.79. The van der Waals surface area contributed by atoms with Gasteiger partial charge in [0, 0.05) is 13.1 Å².